The molecule has 0 spiro atoms. The lowest BCUT2D eigenvalue weighted by molar-refractivity contribution is 0.345. The van der Waals surface area contributed by atoms with Gasteiger partial charge >= 0.3 is 0 Å². The maximum absolute atomic E-state index is 6.32. The van der Waals surface area contributed by atoms with E-state index in [2.05, 4.69) is 30.3 Å². The number of hydrogen-bond acceptors (Lipinski definition) is 6. The third-order valence-corrected chi connectivity index (χ3v) is 6.63. The van der Waals surface area contributed by atoms with Crippen molar-refractivity contribution in [1.29, 1.82) is 0 Å². The molecule has 0 atom stereocenters. The van der Waals surface area contributed by atoms with E-state index in [1.165, 1.54) is 11.1 Å². The first-order chi connectivity index (χ1) is 19.1. The van der Waals surface area contributed by atoms with Gasteiger partial charge in [0.2, 0.25) is 5.75 Å². The maximum atomic E-state index is 6.32. The molecule has 0 aromatic heterocycles. The molecule has 204 valence electrons. The zero-order chi connectivity index (χ0) is 27.6. The summed E-state index contributed by atoms with van der Waals surface area (Å²) in [6, 6.07) is 26.3. The third-order valence-electron chi connectivity index (χ3n) is 6.63. The summed E-state index contributed by atoms with van der Waals surface area (Å²) in [4.78, 5) is 0. The molecule has 39 heavy (non-hydrogen) atoms. The molecule has 0 fully saturated rings. The van der Waals surface area contributed by atoms with Crippen molar-refractivity contribution in [1.82, 2.24) is 0 Å². The molecular formula is C33H36O6. The Morgan fingerprint density at radius 2 is 0.897 bits per heavy atom. The van der Waals surface area contributed by atoms with Crippen LogP contribution in [0.4, 0.5) is 0 Å². The minimum absolute atomic E-state index is 0.555. The molecule has 0 N–H and O–H groups in total. The summed E-state index contributed by atoms with van der Waals surface area (Å²) in [5.41, 5.74) is 4.64. The minimum atomic E-state index is 0.555. The SMILES string of the molecule is COc1cccc(CCc2cccc(Oc3c(OC)cc(CCc4ccc(OC)c(OC)c4)cc3OC)c2)c1. The first-order valence-corrected chi connectivity index (χ1v) is 12.9. The topological polar surface area (TPSA) is 55.4 Å². The van der Waals surface area contributed by atoms with Crippen molar-refractivity contribution in [2.45, 2.75) is 25.7 Å². The molecule has 0 radical (unpaired) electrons. The molecule has 0 aliphatic heterocycles. The predicted octanol–water partition coefficient (Wildman–Crippen LogP) is 7.09. The van der Waals surface area contributed by atoms with E-state index in [-0.39, 0.29) is 0 Å². The van der Waals surface area contributed by atoms with Crippen molar-refractivity contribution in [3.8, 4) is 40.2 Å². The fourth-order valence-corrected chi connectivity index (χ4v) is 4.50. The van der Waals surface area contributed by atoms with Gasteiger partial charge in [-0.05, 0) is 96.5 Å². The number of hydrogen-bond donors (Lipinski definition) is 0. The molecule has 6 nitrogen and oxygen atoms in total. The summed E-state index contributed by atoms with van der Waals surface area (Å²) in [5, 5.41) is 0. The Morgan fingerprint density at radius 1 is 0.410 bits per heavy atom. The van der Waals surface area contributed by atoms with Gasteiger partial charge in [0.25, 0.3) is 0 Å². The number of ether oxygens (including phenoxy) is 6. The molecule has 4 rings (SSSR count). The van der Waals surface area contributed by atoms with Crippen molar-refractivity contribution in [2.75, 3.05) is 35.5 Å². The molecular weight excluding hydrogens is 492 g/mol. The predicted molar refractivity (Wildman–Crippen MR) is 153 cm³/mol. The summed E-state index contributed by atoms with van der Waals surface area (Å²) in [5.74, 6) is 4.84. The van der Waals surface area contributed by atoms with Crippen molar-refractivity contribution in [3.63, 3.8) is 0 Å². The maximum Gasteiger partial charge on any atom is 0.211 e. The summed E-state index contributed by atoms with van der Waals surface area (Å²) in [7, 11) is 8.26. The van der Waals surface area contributed by atoms with Gasteiger partial charge in [-0.1, -0.05) is 30.3 Å². The lowest BCUT2D eigenvalue weighted by atomic mass is 10.0. The molecule has 4 aromatic carbocycles. The highest BCUT2D eigenvalue weighted by Gasteiger charge is 2.16. The summed E-state index contributed by atoms with van der Waals surface area (Å²) >= 11 is 0. The molecule has 0 saturated heterocycles. The summed E-state index contributed by atoms with van der Waals surface area (Å²) in [6.45, 7) is 0. The van der Waals surface area contributed by atoms with Gasteiger partial charge in [0.05, 0.1) is 35.5 Å². The second kappa shape index (κ2) is 13.5. The molecule has 0 amide bonds. The van der Waals surface area contributed by atoms with Gasteiger partial charge in [0.15, 0.2) is 23.0 Å². The fourth-order valence-electron chi connectivity index (χ4n) is 4.50. The average Bonchev–Trinajstić information content (AvgIpc) is 2.99. The van der Waals surface area contributed by atoms with Gasteiger partial charge in [0.1, 0.15) is 11.5 Å². The number of benzene rings is 4. The van der Waals surface area contributed by atoms with Gasteiger partial charge in [-0.15, -0.1) is 0 Å². The lowest BCUT2D eigenvalue weighted by Crippen LogP contribution is -1.99. The van der Waals surface area contributed by atoms with Crippen LogP contribution >= 0.6 is 0 Å². The van der Waals surface area contributed by atoms with Crippen molar-refractivity contribution in [3.05, 3.63) is 101 Å². The smallest absolute Gasteiger partial charge is 0.211 e. The second-order valence-electron chi connectivity index (χ2n) is 9.12. The van der Waals surface area contributed by atoms with Gasteiger partial charge in [-0.3, -0.25) is 0 Å². The van der Waals surface area contributed by atoms with Crippen molar-refractivity contribution >= 4 is 0 Å². The van der Waals surface area contributed by atoms with Crippen LogP contribution < -0.4 is 28.4 Å². The van der Waals surface area contributed by atoms with E-state index in [1.54, 1.807) is 35.5 Å². The Bertz CT molecular complexity index is 1360. The first kappa shape index (κ1) is 27.7. The van der Waals surface area contributed by atoms with Gasteiger partial charge in [-0.25, -0.2) is 0 Å². The molecule has 0 saturated carbocycles. The standard InChI is InChI=1S/C33H36O6/c1-34-27-10-6-8-23(18-27)12-13-24-9-7-11-28(19-24)39-33-31(37-4)21-26(22-32(33)38-5)15-14-25-16-17-29(35-2)30(20-25)36-3/h6-11,16-22H,12-15H2,1-5H3. The van der Waals surface area contributed by atoms with Crippen LogP contribution in [0.15, 0.2) is 78.9 Å². The van der Waals surface area contributed by atoms with Crippen LogP contribution in [0.25, 0.3) is 0 Å². The van der Waals surface area contributed by atoms with E-state index in [1.807, 2.05) is 48.5 Å². The van der Waals surface area contributed by atoms with Crippen LogP contribution in [-0.2, 0) is 25.7 Å². The zero-order valence-electron chi connectivity index (χ0n) is 23.3. The van der Waals surface area contributed by atoms with Crippen LogP contribution in [0, 0.1) is 0 Å². The van der Waals surface area contributed by atoms with Crippen LogP contribution in [0.5, 0.6) is 40.2 Å². The highest BCUT2D eigenvalue weighted by molar-refractivity contribution is 5.56. The van der Waals surface area contributed by atoms with Gasteiger partial charge < -0.3 is 28.4 Å². The third kappa shape index (κ3) is 7.17. The number of aryl methyl sites for hydroxylation is 4. The molecule has 0 aliphatic carbocycles. The summed E-state index contributed by atoms with van der Waals surface area (Å²) < 4.78 is 33.9. The second-order valence-corrected chi connectivity index (χ2v) is 9.12. The van der Waals surface area contributed by atoms with Crippen LogP contribution in [-0.4, -0.2) is 35.5 Å². The van der Waals surface area contributed by atoms with E-state index >= 15 is 0 Å². The zero-order valence-corrected chi connectivity index (χ0v) is 23.3. The van der Waals surface area contributed by atoms with Gasteiger partial charge in [0, 0.05) is 0 Å². The highest BCUT2D eigenvalue weighted by atomic mass is 16.5. The van der Waals surface area contributed by atoms with Crippen LogP contribution in [0.1, 0.15) is 22.3 Å². The highest BCUT2D eigenvalue weighted by Crippen LogP contribution is 2.42. The Kier molecular flexibility index (Phi) is 9.57. The minimum Gasteiger partial charge on any atom is -0.497 e. The number of rotatable bonds is 13. The van der Waals surface area contributed by atoms with Crippen molar-refractivity contribution < 1.29 is 28.4 Å². The van der Waals surface area contributed by atoms with Crippen LogP contribution in [0.3, 0.4) is 0 Å². The number of methoxy groups -OCH3 is 5. The normalized spacial score (nSPS) is 10.6. The Labute approximate surface area is 231 Å². The first-order valence-electron chi connectivity index (χ1n) is 12.9. The fraction of sp³-hybridized carbons (Fsp3) is 0.273. The van der Waals surface area contributed by atoms with E-state index in [0.717, 1.165) is 59.8 Å². The van der Waals surface area contributed by atoms with Gasteiger partial charge in [-0.2, -0.15) is 0 Å². The van der Waals surface area contributed by atoms with Crippen molar-refractivity contribution in [2.24, 2.45) is 0 Å². The van der Waals surface area contributed by atoms with E-state index in [4.69, 9.17) is 28.4 Å². The molecule has 0 unspecified atom stereocenters. The van der Waals surface area contributed by atoms with Crippen LogP contribution in [0.2, 0.25) is 0 Å². The molecule has 0 aliphatic rings. The van der Waals surface area contributed by atoms with E-state index in [0.29, 0.717) is 17.2 Å². The van der Waals surface area contributed by atoms with E-state index < -0.39 is 0 Å². The average molecular weight is 529 g/mol. The Hall–Kier alpha value is -4.32. The molecule has 4 aromatic rings. The lowest BCUT2D eigenvalue weighted by Gasteiger charge is -2.17. The quantitative estimate of drug-likeness (QED) is 0.185. The Morgan fingerprint density at radius 3 is 1.46 bits per heavy atom. The Balaban J connectivity index is 1.48. The molecule has 6 heteroatoms. The largest absolute Gasteiger partial charge is 0.497 e. The van der Waals surface area contributed by atoms with E-state index in [9.17, 15) is 0 Å². The summed E-state index contributed by atoms with van der Waals surface area (Å²) in [6.07, 6.45) is 3.40. The molecule has 0 heterocycles. The molecule has 0 bridgehead atoms. The monoisotopic (exact) mass is 528 g/mol.